The molecular weight excluding hydrogens is 977 g/mol. The Bertz CT molecular complexity index is 2150. The Morgan fingerprint density at radius 2 is 0.618 bits per heavy atom. The van der Waals surface area contributed by atoms with Crippen LogP contribution in [0, 0.1) is 0 Å². The highest BCUT2D eigenvalue weighted by Gasteiger charge is 2.26. The molecule has 6 aliphatic rings. The number of rotatable bonds is 42. The van der Waals surface area contributed by atoms with Crippen LogP contribution in [0.2, 0.25) is 0 Å². The zero-order valence-electron chi connectivity index (χ0n) is 44.1. The molecule has 3 aromatic carbocycles. The first-order valence-electron chi connectivity index (χ1n) is 28.2. The van der Waals surface area contributed by atoms with Gasteiger partial charge >= 0.3 is 11.9 Å². The number of carbonyl (C=O) groups is 2. The van der Waals surface area contributed by atoms with Gasteiger partial charge in [-0.15, -0.1) is 0 Å². The summed E-state index contributed by atoms with van der Waals surface area (Å²) in [5, 5.41) is 0. The van der Waals surface area contributed by atoms with Crippen molar-refractivity contribution >= 4 is 24.1 Å². The van der Waals surface area contributed by atoms with Gasteiger partial charge in [0.2, 0.25) is 11.5 Å². The molecule has 0 saturated carbocycles. The van der Waals surface area contributed by atoms with Crippen LogP contribution in [0.15, 0.2) is 60.7 Å². The summed E-state index contributed by atoms with van der Waals surface area (Å²) in [5.74, 6) is 2.65. The van der Waals surface area contributed by atoms with Crippen molar-refractivity contribution in [2.75, 3.05) is 79.3 Å². The topological polar surface area (TPSA) is 183 Å². The van der Waals surface area contributed by atoms with Crippen molar-refractivity contribution in [1.82, 2.24) is 0 Å². The fraction of sp³-hybridized carbons (Fsp3) is 0.600. The van der Waals surface area contributed by atoms with E-state index in [0.29, 0.717) is 122 Å². The molecule has 6 saturated heterocycles. The van der Waals surface area contributed by atoms with Gasteiger partial charge in [0.1, 0.15) is 11.5 Å². The van der Waals surface area contributed by atoms with Crippen molar-refractivity contribution in [3.05, 3.63) is 71.8 Å². The fourth-order valence-corrected chi connectivity index (χ4v) is 8.69. The molecule has 6 unspecified atom stereocenters. The first-order chi connectivity index (χ1) is 37.5. The van der Waals surface area contributed by atoms with Gasteiger partial charge in [0.05, 0.1) is 116 Å². The predicted molar refractivity (Wildman–Crippen MR) is 283 cm³/mol. The molecule has 6 fully saturated rings. The van der Waals surface area contributed by atoms with Gasteiger partial charge in [-0.05, 0) is 176 Å². The smallest absolute Gasteiger partial charge is 0.336 e. The maximum Gasteiger partial charge on any atom is 0.336 e. The molecule has 0 bridgehead atoms. The summed E-state index contributed by atoms with van der Waals surface area (Å²) in [6.45, 7) is 7.98. The van der Waals surface area contributed by atoms with Gasteiger partial charge in [-0.2, -0.15) is 0 Å². The van der Waals surface area contributed by atoms with E-state index in [1.54, 1.807) is 36.4 Å². The summed E-state index contributed by atoms with van der Waals surface area (Å²) < 4.78 is 82.2. The highest BCUT2D eigenvalue weighted by Crippen LogP contribution is 2.43. The third-order valence-corrected chi connectivity index (χ3v) is 13.7. The van der Waals surface area contributed by atoms with Gasteiger partial charge in [0, 0.05) is 23.3 Å². The molecule has 0 aliphatic carbocycles. The molecule has 9 rings (SSSR count). The van der Waals surface area contributed by atoms with Crippen molar-refractivity contribution in [3.63, 3.8) is 0 Å². The maximum atomic E-state index is 13.3. The molecule has 6 aliphatic heterocycles. The van der Waals surface area contributed by atoms with Crippen LogP contribution in [0.1, 0.15) is 127 Å². The van der Waals surface area contributed by atoms with Gasteiger partial charge in [0.25, 0.3) is 0 Å². The predicted octanol–water partition coefficient (Wildman–Crippen LogP) is 10.6. The minimum Gasteiger partial charge on any atom is -0.490 e. The van der Waals surface area contributed by atoms with E-state index in [9.17, 15) is 9.59 Å². The third kappa shape index (κ3) is 20.9. The van der Waals surface area contributed by atoms with Crippen molar-refractivity contribution < 1.29 is 75.9 Å². The van der Waals surface area contributed by atoms with E-state index < -0.39 is 11.9 Å². The minimum atomic E-state index is -0.598. The first-order valence-corrected chi connectivity index (χ1v) is 28.2. The van der Waals surface area contributed by atoms with E-state index in [1.165, 1.54) is 12.2 Å². The maximum absolute atomic E-state index is 13.3. The summed E-state index contributed by atoms with van der Waals surface area (Å²) in [6.07, 6.45) is 25.5. The molecule has 0 spiro atoms. The zero-order chi connectivity index (χ0) is 52.0. The van der Waals surface area contributed by atoms with Crippen LogP contribution in [-0.4, -0.2) is 128 Å². The second-order valence-corrected chi connectivity index (χ2v) is 20.4. The van der Waals surface area contributed by atoms with Crippen LogP contribution in [0.25, 0.3) is 12.2 Å². The van der Waals surface area contributed by atoms with Crippen LogP contribution < -0.4 is 37.9 Å². The average Bonchev–Trinajstić information content (AvgIpc) is 4.20. The van der Waals surface area contributed by atoms with E-state index in [1.807, 2.05) is 24.3 Å². The lowest BCUT2D eigenvalue weighted by atomic mass is 10.1. The standard InChI is InChI=1S/C60H78O16/c61-55(29-21-43-19-27-53(63-31-7-1-13-47-37-69-47)59(67-35-11-5-17-51-41-73-51)57(43)65-33-9-3-15-49-39-71-49)75-45-23-25-46(26-24-45)76-56(62)30-22-44-20-28-54(64-32-8-2-14-48-38-70-48)60(68-36-12-6-18-52-42-74-52)58(44)66-34-10-4-16-50-40-72-50/h19-30,47-52H,1-18,31-42H2/b29-21+,30-22+. The molecule has 16 nitrogen and oxygen atoms in total. The van der Waals surface area contributed by atoms with Crippen LogP contribution in [0.3, 0.4) is 0 Å². The van der Waals surface area contributed by atoms with E-state index in [0.717, 1.165) is 155 Å². The van der Waals surface area contributed by atoms with Gasteiger partial charge in [-0.3, -0.25) is 0 Å². The summed E-state index contributed by atoms with van der Waals surface area (Å²) in [7, 11) is 0. The van der Waals surface area contributed by atoms with Gasteiger partial charge < -0.3 is 66.3 Å². The Morgan fingerprint density at radius 1 is 0.355 bits per heavy atom. The molecule has 16 heteroatoms. The highest BCUT2D eigenvalue weighted by molar-refractivity contribution is 5.90. The molecule has 0 N–H and O–H groups in total. The van der Waals surface area contributed by atoms with E-state index in [2.05, 4.69) is 0 Å². The molecular formula is C60H78O16. The molecule has 414 valence electrons. The fourth-order valence-electron chi connectivity index (χ4n) is 8.69. The number of hydrogen-bond acceptors (Lipinski definition) is 16. The monoisotopic (exact) mass is 1050 g/mol. The second-order valence-electron chi connectivity index (χ2n) is 20.4. The van der Waals surface area contributed by atoms with Crippen LogP contribution in [0.4, 0.5) is 0 Å². The zero-order valence-corrected chi connectivity index (χ0v) is 44.1. The molecule has 76 heavy (non-hydrogen) atoms. The highest BCUT2D eigenvalue weighted by atomic mass is 16.6. The minimum absolute atomic E-state index is 0.276. The lowest BCUT2D eigenvalue weighted by Crippen LogP contribution is -2.08. The molecule has 6 atom stereocenters. The Morgan fingerprint density at radius 3 is 0.895 bits per heavy atom. The van der Waals surface area contributed by atoms with Crippen molar-refractivity contribution in [3.8, 4) is 46.0 Å². The van der Waals surface area contributed by atoms with Crippen LogP contribution in [0.5, 0.6) is 46.0 Å². The quantitative estimate of drug-likeness (QED) is 0.0171. The molecule has 3 aromatic rings. The number of ether oxygens (including phenoxy) is 14. The number of hydrogen-bond donors (Lipinski definition) is 0. The van der Waals surface area contributed by atoms with Gasteiger partial charge in [-0.25, -0.2) is 9.59 Å². The Balaban J connectivity index is 0.816. The summed E-state index contributed by atoms with van der Waals surface area (Å²) >= 11 is 0. The van der Waals surface area contributed by atoms with Crippen LogP contribution >= 0.6 is 0 Å². The number of esters is 2. The van der Waals surface area contributed by atoms with E-state index >= 15 is 0 Å². The van der Waals surface area contributed by atoms with Crippen molar-refractivity contribution in [2.45, 2.75) is 152 Å². The SMILES string of the molecule is O=C(/C=C/c1ccc(OCCCCC2CO2)c(OCCCCC2CO2)c1OCCCCC1CO1)Oc1ccc(OC(=O)/C=C/c2ccc(OCCCCC3CO3)c(OCCCCC3CO3)c2OCCCCC2CO2)cc1. The Hall–Kier alpha value is -5.36. The van der Waals surface area contributed by atoms with Gasteiger partial charge in [-0.1, -0.05) is 0 Å². The van der Waals surface area contributed by atoms with E-state index in [-0.39, 0.29) is 11.5 Å². The van der Waals surface area contributed by atoms with E-state index in [4.69, 9.17) is 66.3 Å². The molecule has 0 amide bonds. The number of benzene rings is 3. The molecule has 0 aromatic heterocycles. The summed E-state index contributed by atoms with van der Waals surface area (Å²) in [6, 6.07) is 13.8. The van der Waals surface area contributed by atoms with Crippen molar-refractivity contribution in [1.29, 1.82) is 0 Å². The third-order valence-electron chi connectivity index (χ3n) is 13.7. The number of unbranched alkanes of at least 4 members (excludes halogenated alkanes) is 6. The van der Waals surface area contributed by atoms with Crippen molar-refractivity contribution in [2.24, 2.45) is 0 Å². The normalized spacial score (nSPS) is 21.5. The van der Waals surface area contributed by atoms with Crippen LogP contribution in [-0.2, 0) is 38.0 Å². The summed E-state index contributed by atoms with van der Waals surface area (Å²) in [4.78, 5) is 26.6. The largest absolute Gasteiger partial charge is 0.490 e. The lowest BCUT2D eigenvalue weighted by Gasteiger charge is -2.19. The van der Waals surface area contributed by atoms with Gasteiger partial charge in [0.15, 0.2) is 23.0 Å². The summed E-state index contributed by atoms with van der Waals surface area (Å²) in [5.41, 5.74) is 1.31. The first kappa shape index (κ1) is 55.4. The number of carbonyl (C=O) groups excluding carboxylic acids is 2. The average molecular weight is 1060 g/mol. The lowest BCUT2D eigenvalue weighted by molar-refractivity contribution is -0.130. The number of epoxide rings is 6. The molecule has 6 heterocycles. The Kier molecular flexibility index (Phi) is 21.8. The molecule has 0 radical (unpaired) electrons. The Labute approximate surface area is 447 Å². The second kappa shape index (κ2) is 30.0.